The Morgan fingerprint density at radius 2 is 1.59 bits per heavy atom. The molecule has 0 aromatic carbocycles. The molecule has 1 atom stereocenters. The Labute approximate surface area is 104 Å². The summed E-state index contributed by atoms with van der Waals surface area (Å²) < 4.78 is 16.6. The molecule has 0 aromatic heterocycles. The van der Waals surface area contributed by atoms with Crippen molar-refractivity contribution < 1.29 is 14.2 Å². The number of ether oxygens (including phenoxy) is 3. The molecule has 0 saturated carbocycles. The first-order valence-electron chi connectivity index (χ1n) is 6.63. The minimum absolute atomic E-state index is 0.210. The minimum Gasteiger partial charge on any atom is -0.379 e. The van der Waals surface area contributed by atoms with Gasteiger partial charge in [-0.2, -0.15) is 0 Å². The normalized spacial score (nSPS) is 25.9. The van der Waals surface area contributed by atoms with Gasteiger partial charge in [-0.25, -0.2) is 0 Å². The number of morpholine rings is 2. The SMILES string of the molecule is CCOC(CN1CCOCC1)N1CCOCC1. The highest BCUT2D eigenvalue weighted by Gasteiger charge is 2.24. The third-order valence-electron chi connectivity index (χ3n) is 3.33. The molecule has 0 N–H and O–H groups in total. The minimum atomic E-state index is 0.210. The molecular weight excluding hydrogens is 220 g/mol. The monoisotopic (exact) mass is 244 g/mol. The first-order valence-corrected chi connectivity index (χ1v) is 6.63. The summed E-state index contributed by atoms with van der Waals surface area (Å²) in [4.78, 5) is 4.82. The number of hydrogen-bond donors (Lipinski definition) is 0. The lowest BCUT2D eigenvalue weighted by molar-refractivity contribution is -0.111. The summed E-state index contributed by atoms with van der Waals surface area (Å²) in [6, 6.07) is 0. The second-order valence-corrected chi connectivity index (χ2v) is 4.47. The molecule has 0 radical (unpaired) electrons. The van der Waals surface area contributed by atoms with E-state index in [9.17, 15) is 0 Å². The average Bonchev–Trinajstić information content (AvgIpc) is 2.40. The summed E-state index contributed by atoms with van der Waals surface area (Å²) in [5, 5.41) is 0. The average molecular weight is 244 g/mol. The summed E-state index contributed by atoms with van der Waals surface area (Å²) in [7, 11) is 0. The van der Waals surface area contributed by atoms with Crippen molar-refractivity contribution in [2.24, 2.45) is 0 Å². The smallest absolute Gasteiger partial charge is 0.123 e. The van der Waals surface area contributed by atoms with E-state index in [1.807, 2.05) is 0 Å². The first-order chi connectivity index (χ1) is 8.40. The predicted molar refractivity (Wildman–Crippen MR) is 65.1 cm³/mol. The fourth-order valence-electron chi connectivity index (χ4n) is 2.34. The van der Waals surface area contributed by atoms with E-state index in [0.717, 1.165) is 65.8 Å². The number of nitrogens with zero attached hydrogens (tertiary/aromatic N) is 2. The Bertz CT molecular complexity index is 204. The third-order valence-corrected chi connectivity index (χ3v) is 3.33. The van der Waals surface area contributed by atoms with E-state index in [1.54, 1.807) is 0 Å². The Kier molecular flexibility index (Phi) is 5.67. The molecule has 2 fully saturated rings. The van der Waals surface area contributed by atoms with E-state index in [0.29, 0.717) is 0 Å². The number of hydrogen-bond acceptors (Lipinski definition) is 5. The van der Waals surface area contributed by atoms with Crippen molar-refractivity contribution in [1.82, 2.24) is 9.80 Å². The Balaban J connectivity index is 1.81. The topological polar surface area (TPSA) is 34.2 Å². The lowest BCUT2D eigenvalue weighted by Gasteiger charge is -2.38. The quantitative estimate of drug-likeness (QED) is 0.681. The molecule has 5 nitrogen and oxygen atoms in total. The third kappa shape index (κ3) is 4.19. The van der Waals surface area contributed by atoms with Crippen molar-refractivity contribution in [1.29, 1.82) is 0 Å². The van der Waals surface area contributed by atoms with Gasteiger partial charge < -0.3 is 14.2 Å². The van der Waals surface area contributed by atoms with Crippen LogP contribution >= 0.6 is 0 Å². The largest absolute Gasteiger partial charge is 0.379 e. The van der Waals surface area contributed by atoms with Gasteiger partial charge in [0.2, 0.25) is 0 Å². The highest BCUT2D eigenvalue weighted by Crippen LogP contribution is 2.09. The molecule has 2 saturated heterocycles. The fraction of sp³-hybridized carbons (Fsp3) is 1.00. The first kappa shape index (κ1) is 13.2. The summed E-state index contributed by atoms with van der Waals surface area (Å²) in [5.41, 5.74) is 0. The molecule has 2 aliphatic heterocycles. The standard InChI is InChI=1S/C12H24N2O3/c1-2-17-12(14-5-9-16-10-6-14)11-13-3-7-15-8-4-13/h12H,2-11H2,1H3. The molecule has 0 spiro atoms. The second-order valence-electron chi connectivity index (χ2n) is 4.47. The van der Waals surface area contributed by atoms with Gasteiger partial charge in [0, 0.05) is 39.3 Å². The van der Waals surface area contributed by atoms with Crippen LogP contribution in [0.1, 0.15) is 6.92 Å². The van der Waals surface area contributed by atoms with Crippen LogP contribution in [0.2, 0.25) is 0 Å². The van der Waals surface area contributed by atoms with Gasteiger partial charge in [0.25, 0.3) is 0 Å². The van der Waals surface area contributed by atoms with Crippen molar-refractivity contribution in [2.45, 2.75) is 13.2 Å². The van der Waals surface area contributed by atoms with Gasteiger partial charge >= 0.3 is 0 Å². The van der Waals surface area contributed by atoms with Crippen molar-refractivity contribution in [3.8, 4) is 0 Å². The highest BCUT2D eigenvalue weighted by molar-refractivity contribution is 4.72. The maximum absolute atomic E-state index is 5.87. The van der Waals surface area contributed by atoms with Gasteiger partial charge in [-0.15, -0.1) is 0 Å². The van der Waals surface area contributed by atoms with E-state index in [1.165, 1.54) is 0 Å². The Morgan fingerprint density at radius 1 is 1.00 bits per heavy atom. The zero-order valence-electron chi connectivity index (χ0n) is 10.8. The predicted octanol–water partition coefficient (Wildman–Crippen LogP) is 0.0134. The molecule has 2 aliphatic rings. The van der Waals surface area contributed by atoms with E-state index < -0.39 is 0 Å². The van der Waals surface area contributed by atoms with Gasteiger partial charge in [0.05, 0.1) is 26.4 Å². The van der Waals surface area contributed by atoms with Crippen LogP contribution in [0.4, 0.5) is 0 Å². The summed E-state index contributed by atoms with van der Waals surface area (Å²) in [5.74, 6) is 0. The van der Waals surface area contributed by atoms with Gasteiger partial charge in [-0.05, 0) is 6.92 Å². The number of rotatable bonds is 5. The lowest BCUT2D eigenvalue weighted by Crippen LogP contribution is -2.51. The van der Waals surface area contributed by atoms with Crippen LogP contribution in [0.3, 0.4) is 0 Å². The molecule has 0 aliphatic carbocycles. The maximum Gasteiger partial charge on any atom is 0.123 e. The molecule has 2 rings (SSSR count). The van der Waals surface area contributed by atoms with Crippen LogP contribution in [0.25, 0.3) is 0 Å². The summed E-state index contributed by atoms with van der Waals surface area (Å²) >= 11 is 0. The van der Waals surface area contributed by atoms with Crippen LogP contribution < -0.4 is 0 Å². The molecule has 0 bridgehead atoms. The Hall–Kier alpha value is -0.200. The van der Waals surface area contributed by atoms with Crippen molar-refractivity contribution >= 4 is 0 Å². The highest BCUT2D eigenvalue weighted by atomic mass is 16.5. The van der Waals surface area contributed by atoms with Crippen molar-refractivity contribution in [2.75, 3.05) is 65.8 Å². The molecular formula is C12H24N2O3. The van der Waals surface area contributed by atoms with E-state index in [-0.39, 0.29) is 6.23 Å². The van der Waals surface area contributed by atoms with Crippen LogP contribution in [0, 0.1) is 0 Å². The maximum atomic E-state index is 5.87. The van der Waals surface area contributed by atoms with Gasteiger partial charge in [-0.1, -0.05) is 0 Å². The molecule has 100 valence electrons. The fourth-order valence-corrected chi connectivity index (χ4v) is 2.34. The molecule has 0 aromatic rings. The van der Waals surface area contributed by atoms with E-state index >= 15 is 0 Å². The molecule has 17 heavy (non-hydrogen) atoms. The molecule has 2 heterocycles. The van der Waals surface area contributed by atoms with E-state index in [2.05, 4.69) is 16.7 Å². The zero-order valence-corrected chi connectivity index (χ0v) is 10.8. The Morgan fingerprint density at radius 3 is 2.18 bits per heavy atom. The molecule has 5 heteroatoms. The van der Waals surface area contributed by atoms with Gasteiger partial charge in [0.15, 0.2) is 0 Å². The molecule has 1 unspecified atom stereocenters. The lowest BCUT2D eigenvalue weighted by atomic mass is 10.3. The van der Waals surface area contributed by atoms with Crippen molar-refractivity contribution in [3.63, 3.8) is 0 Å². The van der Waals surface area contributed by atoms with Gasteiger partial charge in [0.1, 0.15) is 6.23 Å². The van der Waals surface area contributed by atoms with Crippen LogP contribution in [-0.4, -0.2) is 81.8 Å². The van der Waals surface area contributed by atoms with Gasteiger partial charge in [-0.3, -0.25) is 9.80 Å². The van der Waals surface area contributed by atoms with E-state index in [4.69, 9.17) is 14.2 Å². The molecule has 0 amide bonds. The van der Waals surface area contributed by atoms with Crippen LogP contribution in [-0.2, 0) is 14.2 Å². The zero-order chi connectivity index (χ0) is 11.9. The second kappa shape index (κ2) is 7.28. The van der Waals surface area contributed by atoms with Crippen molar-refractivity contribution in [3.05, 3.63) is 0 Å². The summed E-state index contributed by atoms with van der Waals surface area (Å²) in [6.45, 7) is 11.2. The van der Waals surface area contributed by atoms with Crippen LogP contribution in [0.5, 0.6) is 0 Å². The summed E-state index contributed by atoms with van der Waals surface area (Å²) in [6.07, 6.45) is 0.210. The van der Waals surface area contributed by atoms with Crippen LogP contribution in [0.15, 0.2) is 0 Å².